The molecule has 1 unspecified atom stereocenters. The largest absolute Gasteiger partial charge is 0.459 e. The number of furan rings is 1. The molecular weight excluding hydrogens is 705 g/mol. The summed E-state index contributed by atoms with van der Waals surface area (Å²) in [7, 11) is 0. The van der Waals surface area contributed by atoms with Crippen molar-refractivity contribution >= 4 is 11.0 Å². The minimum atomic E-state index is -0.603. The molecule has 1 spiro atoms. The predicted molar refractivity (Wildman–Crippen MR) is 235 cm³/mol. The number of para-hydroxylation sites is 1. The molecule has 8 aromatic carbocycles. The van der Waals surface area contributed by atoms with Crippen LogP contribution in [0.4, 0.5) is 0 Å². The third-order valence-electron chi connectivity index (χ3n) is 12.1. The average Bonchev–Trinajstić information content (AvgIpc) is 3.93. The second-order valence-electron chi connectivity index (χ2n) is 15.2. The lowest BCUT2D eigenvalue weighted by molar-refractivity contribution is 0.507. The Morgan fingerprint density at radius 1 is 0.345 bits per heavy atom. The van der Waals surface area contributed by atoms with Crippen LogP contribution in [-0.2, 0) is 5.41 Å². The number of aromatic nitrogens is 2. The average molecular weight is 739 g/mol. The quantitative estimate of drug-likeness (QED) is 0.176. The maximum Gasteiger partial charge on any atom is 0.160 e. The summed E-state index contributed by atoms with van der Waals surface area (Å²) in [5.41, 5.74) is 18.3. The molecule has 0 radical (unpaired) electrons. The van der Waals surface area contributed by atoms with Crippen molar-refractivity contribution in [1.82, 2.24) is 9.97 Å². The van der Waals surface area contributed by atoms with Gasteiger partial charge in [0.15, 0.2) is 5.82 Å². The molecule has 0 saturated carbocycles. The standard InChI is InChI=1S/C55H34N2O/c1-3-17-35(18-4-1)37-21-15-22-38(33-37)48-34-49(57-54(56-48)36-19-5-2-6-20-36)40-24-8-7-23-39(40)41-28-16-31-47-51(41)42-25-9-12-29-45(42)55(47)46-30-13-10-26-43(46)52-44-27-11-14-32-50(44)58-53(52)55/h1-34H. The van der Waals surface area contributed by atoms with Gasteiger partial charge in [0, 0.05) is 27.6 Å². The minimum Gasteiger partial charge on any atom is -0.459 e. The molecule has 2 aliphatic rings. The van der Waals surface area contributed by atoms with Crippen LogP contribution in [0.2, 0.25) is 0 Å². The summed E-state index contributed by atoms with van der Waals surface area (Å²) in [4.78, 5) is 10.5. The van der Waals surface area contributed by atoms with Crippen LogP contribution in [-0.4, -0.2) is 9.97 Å². The third kappa shape index (κ3) is 4.68. The summed E-state index contributed by atoms with van der Waals surface area (Å²) in [5, 5.41) is 1.15. The van der Waals surface area contributed by atoms with Crippen molar-refractivity contribution in [3.05, 3.63) is 229 Å². The highest BCUT2D eigenvalue weighted by molar-refractivity contribution is 6.06. The smallest absolute Gasteiger partial charge is 0.160 e. The molecule has 2 aromatic heterocycles. The van der Waals surface area contributed by atoms with Gasteiger partial charge in [-0.15, -0.1) is 0 Å². The summed E-state index contributed by atoms with van der Waals surface area (Å²) < 4.78 is 7.01. The van der Waals surface area contributed by atoms with E-state index in [1.807, 2.05) is 18.2 Å². The maximum absolute atomic E-state index is 7.01. The van der Waals surface area contributed by atoms with Gasteiger partial charge in [-0.2, -0.15) is 0 Å². The van der Waals surface area contributed by atoms with Crippen LogP contribution in [0.15, 0.2) is 211 Å². The van der Waals surface area contributed by atoms with E-state index >= 15 is 0 Å². The van der Waals surface area contributed by atoms with Crippen LogP contribution in [0.1, 0.15) is 22.5 Å². The summed E-state index contributed by atoms with van der Waals surface area (Å²) in [5.74, 6) is 1.69. The second-order valence-corrected chi connectivity index (χ2v) is 15.2. The monoisotopic (exact) mass is 738 g/mol. The highest BCUT2D eigenvalue weighted by Gasteiger charge is 2.55. The Morgan fingerprint density at radius 3 is 1.66 bits per heavy atom. The molecule has 0 N–H and O–H groups in total. The normalized spacial score (nSPS) is 14.6. The first-order chi connectivity index (χ1) is 28.8. The molecule has 1 atom stereocenters. The second kappa shape index (κ2) is 12.7. The van der Waals surface area contributed by atoms with Gasteiger partial charge < -0.3 is 4.42 Å². The molecule has 0 fully saturated rings. The van der Waals surface area contributed by atoms with Crippen molar-refractivity contribution in [2.24, 2.45) is 0 Å². The summed E-state index contributed by atoms with van der Waals surface area (Å²) in [6, 6.07) is 73.4. The third-order valence-corrected chi connectivity index (χ3v) is 12.1. The molecule has 3 heteroatoms. The van der Waals surface area contributed by atoms with Crippen molar-refractivity contribution in [2.45, 2.75) is 5.41 Å². The Kier molecular flexibility index (Phi) is 7.14. The van der Waals surface area contributed by atoms with Crippen molar-refractivity contribution in [2.75, 3.05) is 0 Å². The summed E-state index contributed by atoms with van der Waals surface area (Å²) in [6.07, 6.45) is 0. The SMILES string of the molecule is c1ccc(-c2cccc(-c3cc(-c4ccccc4-c4cccc5c4-c4ccccc4C54c5ccccc5-c5c4oc4ccccc54)nc(-c4ccccc4)n3)c2)cc1. The van der Waals surface area contributed by atoms with Crippen molar-refractivity contribution in [3.8, 4) is 78.4 Å². The first-order valence-corrected chi connectivity index (χ1v) is 19.8. The zero-order chi connectivity index (χ0) is 38.2. The van der Waals surface area contributed by atoms with E-state index in [1.165, 1.54) is 44.5 Å². The first kappa shape index (κ1) is 32.6. The molecule has 270 valence electrons. The van der Waals surface area contributed by atoms with Crippen LogP contribution < -0.4 is 0 Å². The molecular formula is C55H34N2O. The molecule has 58 heavy (non-hydrogen) atoms. The Morgan fingerprint density at radius 2 is 0.879 bits per heavy atom. The van der Waals surface area contributed by atoms with Crippen LogP contribution in [0.3, 0.4) is 0 Å². The summed E-state index contributed by atoms with van der Waals surface area (Å²) in [6.45, 7) is 0. The maximum atomic E-state index is 7.01. The van der Waals surface area contributed by atoms with Crippen molar-refractivity contribution in [3.63, 3.8) is 0 Å². The molecule has 0 bridgehead atoms. The fourth-order valence-corrected chi connectivity index (χ4v) is 9.69. The Balaban J connectivity index is 1.10. The van der Waals surface area contributed by atoms with Gasteiger partial charge >= 0.3 is 0 Å². The number of hydrogen-bond donors (Lipinski definition) is 0. The predicted octanol–water partition coefficient (Wildman–Crippen LogP) is 13.9. The van der Waals surface area contributed by atoms with Crippen molar-refractivity contribution < 1.29 is 4.42 Å². The molecule has 0 amide bonds. The zero-order valence-electron chi connectivity index (χ0n) is 31.4. The van der Waals surface area contributed by atoms with Crippen LogP contribution in [0.5, 0.6) is 0 Å². The molecule has 10 aromatic rings. The van der Waals surface area contributed by atoms with E-state index in [9.17, 15) is 0 Å². The van der Waals surface area contributed by atoms with Gasteiger partial charge in [-0.25, -0.2) is 9.97 Å². The van der Waals surface area contributed by atoms with Gasteiger partial charge in [-0.05, 0) is 73.8 Å². The molecule has 12 rings (SSSR count). The molecule has 2 heterocycles. The highest BCUT2D eigenvalue weighted by atomic mass is 16.3. The number of nitrogens with zero attached hydrogens (tertiary/aromatic N) is 2. The zero-order valence-corrected chi connectivity index (χ0v) is 31.4. The van der Waals surface area contributed by atoms with E-state index < -0.39 is 5.41 Å². The highest BCUT2D eigenvalue weighted by Crippen LogP contribution is 2.65. The lowest BCUT2D eigenvalue weighted by atomic mass is 9.73. The van der Waals surface area contributed by atoms with E-state index in [2.05, 4.69) is 188 Å². The van der Waals surface area contributed by atoms with Gasteiger partial charge in [0.1, 0.15) is 16.8 Å². The molecule has 3 nitrogen and oxygen atoms in total. The van der Waals surface area contributed by atoms with Crippen LogP contribution in [0, 0.1) is 0 Å². The van der Waals surface area contributed by atoms with E-state index in [1.54, 1.807) is 0 Å². The van der Waals surface area contributed by atoms with Gasteiger partial charge in [-0.1, -0.05) is 188 Å². The lowest BCUT2D eigenvalue weighted by Crippen LogP contribution is -2.25. The van der Waals surface area contributed by atoms with Crippen LogP contribution >= 0.6 is 0 Å². The van der Waals surface area contributed by atoms with Crippen LogP contribution in [0.25, 0.3) is 89.4 Å². The molecule has 0 aliphatic heterocycles. The number of rotatable bonds is 5. The Bertz CT molecular complexity index is 3240. The van der Waals surface area contributed by atoms with Gasteiger partial charge in [0.05, 0.1) is 11.4 Å². The Hall–Kier alpha value is -7.62. The van der Waals surface area contributed by atoms with Gasteiger partial charge in [0.2, 0.25) is 0 Å². The van der Waals surface area contributed by atoms with E-state index in [0.29, 0.717) is 5.82 Å². The van der Waals surface area contributed by atoms with E-state index in [-0.39, 0.29) is 0 Å². The number of fused-ring (bicyclic) bond motifs is 12. The topological polar surface area (TPSA) is 38.9 Å². The first-order valence-electron chi connectivity index (χ1n) is 19.8. The minimum absolute atomic E-state index is 0.603. The Labute approximate surface area is 336 Å². The molecule has 0 saturated heterocycles. The van der Waals surface area contributed by atoms with Gasteiger partial charge in [-0.3, -0.25) is 0 Å². The van der Waals surface area contributed by atoms with Gasteiger partial charge in [0.25, 0.3) is 0 Å². The summed E-state index contributed by atoms with van der Waals surface area (Å²) >= 11 is 0. The van der Waals surface area contributed by atoms with E-state index in [4.69, 9.17) is 14.4 Å². The fourth-order valence-electron chi connectivity index (χ4n) is 9.69. The van der Waals surface area contributed by atoms with Crippen molar-refractivity contribution in [1.29, 1.82) is 0 Å². The fraction of sp³-hybridized carbons (Fsp3) is 0.0182. The number of benzene rings is 8. The lowest BCUT2D eigenvalue weighted by Gasteiger charge is -2.28. The van der Waals surface area contributed by atoms with E-state index in [0.717, 1.165) is 61.5 Å². The number of hydrogen-bond acceptors (Lipinski definition) is 3. The molecule has 2 aliphatic carbocycles.